The fourth-order valence-corrected chi connectivity index (χ4v) is 4.60. The number of fused-ring (bicyclic) bond motifs is 1. The van der Waals surface area contributed by atoms with E-state index in [9.17, 15) is 18.0 Å². The number of carbonyl (C=O) groups excluding carboxylic acids is 1. The highest BCUT2D eigenvalue weighted by Crippen LogP contribution is 2.43. The van der Waals surface area contributed by atoms with Crippen molar-refractivity contribution >= 4 is 32.6 Å². The predicted octanol–water partition coefficient (Wildman–Crippen LogP) is 5.67. The van der Waals surface area contributed by atoms with Crippen molar-refractivity contribution in [2.75, 3.05) is 5.32 Å². The van der Waals surface area contributed by atoms with Crippen LogP contribution in [0.1, 0.15) is 44.2 Å². The Labute approximate surface area is 174 Å². The molecule has 30 heavy (non-hydrogen) atoms. The van der Waals surface area contributed by atoms with Gasteiger partial charge >= 0.3 is 6.18 Å². The van der Waals surface area contributed by atoms with Gasteiger partial charge in [0.2, 0.25) is 11.8 Å². The molecule has 2 heterocycles. The molecular weight excluding hydrogens is 417 g/mol. The van der Waals surface area contributed by atoms with Crippen molar-refractivity contribution in [1.29, 1.82) is 0 Å². The van der Waals surface area contributed by atoms with Gasteiger partial charge < -0.3 is 10.1 Å². The third-order valence-electron chi connectivity index (χ3n) is 5.15. The highest BCUT2D eigenvalue weighted by Gasteiger charge is 2.41. The number of alkyl halides is 3. The van der Waals surface area contributed by atoms with Gasteiger partial charge in [0.1, 0.15) is 11.8 Å². The van der Waals surface area contributed by atoms with E-state index in [4.69, 9.17) is 4.74 Å². The maximum atomic E-state index is 12.9. The van der Waals surface area contributed by atoms with Gasteiger partial charge in [-0.25, -0.2) is 15.0 Å². The van der Waals surface area contributed by atoms with Crippen LogP contribution >= 0.6 is 11.3 Å². The Bertz CT molecular complexity index is 1060. The number of ether oxygens (including phenoxy) is 1. The summed E-state index contributed by atoms with van der Waals surface area (Å²) in [6.45, 7) is 1.41. The summed E-state index contributed by atoms with van der Waals surface area (Å²) in [6, 6.07) is 7.11. The molecule has 0 spiro atoms. The van der Waals surface area contributed by atoms with E-state index >= 15 is 0 Å². The summed E-state index contributed by atoms with van der Waals surface area (Å²) in [4.78, 5) is 24.1. The van der Waals surface area contributed by atoms with Crippen molar-refractivity contribution in [1.82, 2.24) is 15.0 Å². The second kappa shape index (κ2) is 8.17. The second-order valence-electron chi connectivity index (χ2n) is 7.28. The molecule has 0 radical (unpaired) electrons. The summed E-state index contributed by atoms with van der Waals surface area (Å²) in [7, 11) is 0. The molecule has 10 heteroatoms. The van der Waals surface area contributed by atoms with E-state index in [1.165, 1.54) is 24.6 Å². The predicted molar refractivity (Wildman–Crippen MR) is 107 cm³/mol. The number of para-hydroxylation sites is 1. The molecule has 1 aliphatic rings. The maximum absolute atomic E-state index is 12.9. The van der Waals surface area contributed by atoms with Crippen LogP contribution in [0, 0.1) is 5.92 Å². The number of rotatable bonds is 4. The Morgan fingerprint density at radius 3 is 2.67 bits per heavy atom. The molecule has 0 saturated heterocycles. The van der Waals surface area contributed by atoms with Crippen LogP contribution in [0.2, 0.25) is 0 Å². The van der Waals surface area contributed by atoms with Gasteiger partial charge in [0.15, 0.2) is 10.9 Å². The Morgan fingerprint density at radius 1 is 1.20 bits per heavy atom. The number of thiazole rings is 1. The molecule has 6 nitrogen and oxygen atoms in total. The summed E-state index contributed by atoms with van der Waals surface area (Å²) in [6.07, 6.45) is -1.68. The molecular formula is C20H19F3N4O2S. The molecule has 1 N–H and O–H groups in total. The lowest BCUT2D eigenvalue weighted by Crippen LogP contribution is -2.27. The molecule has 1 amide bonds. The first kappa shape index (κ1) is 20.5. The van der Waals surface area contributed by atoms with Gasteiger partial charge in [0, 0.05) is 18.9 Å². The van der Waals surface area contributed by atoms with E-state index < -0.39 is 12.1 Å². The molecule has 3 aromatic rings. The number of carbonyl (C=O) groups is 1. The summed E-state index contributed by atoms with van der Waals surface area (Å²) >= 11 is 1.33. The average molecular weight is 436 g/mol. The number of aromatic nitrogens is 3. The lowest BCUT2D eigenvalue weighted by atomic mass is 9.80. The molecule has 1 fully saturated rings. The highest BCUT2D eigenvalue weighted by molar-refractivity contribution is 7.22. The first-order valence-electron chi connectivity index (χ1n) is 9.53. The monoisotopic (exact) mass is 436 g/mol. The number of halogens is 3. The molecule has 0 bridgehead atoms. The number of nitrogens with one attached hydrogen (secondary N) is 1. The molecule has 1 aromatic carbocycles. The number of hydrogen-bond acceptors (Lipinski definition) is 6. The van der Waals surface area contributed by atoms with Crippen molar-refractivity contribution in [3.63, 3.8) is 0 Å². The molecule has 2 aromatic heterocycles. The van der Waals surface area contributed by atoms with E-state index in [2.05, 4.69) is 20.3 Å². The zero-order chi connectivity index (χ0) is 21.3. The van der Waals surface area contributed by atoms with E-state index in [0.29, 0.717) is 40.8 Å². The van der Waals surface area contributed by atoms with Crippen LogP contribution in [-0.4, -0.2) is 27.0 Å². The summed E-state index contributed by atoms with van der Waals surface area (Å²) < 4.78 is 45.5. The van der Waals surface area contributed by atoms with Crippen LogP contribution in [0.15, 0.2) is 30.6 Å². The fraction of sp³-hybridized carbons (Fsp3) is 0.400. The molecule has 1 saturated carbocycles. The zero-order valence-electron chi connectivity index (χ0n) is 16.1. The van der Waals surface area contributed by atoms with Crippen LogP contribution in [0.3, 0.4) is 0 Å². The topological polar surface area (TPSA) is 77.0 Å². The number of benzene rings is 1. The molecule has 0 aliphatic heterocycles. The molecule has 4 rings (SSSR count). The van der Waals surface area contributed by atoms with E-state index in [1.807, 2.05) is 12.1 Å². The van der Waals surface area contributed by atoms with Crippen molar-refractivity contribution in [3.05, 3.63) is 36.3 Å². The Morgan fingerprint density at radius 2 is 1.97 bits per heavy atom. The SMILES string of the molecule is CC(=O)Nc1nc2c(Oc3cc([C@H]4CC[C@H](C(F)(F)F)CC4)ncn3)cccc2s1. The van der Waals surface area contributed by atoms with Crippen LogP contribution in [0.4, 0.5) is 18.3 Å². The van der Waals surface area contributed by atoms with Gasteiger partial charge in [0.05, 0.1) is 16.3 Å². The van der Waals surface area contributed by atoms with Gasteiger partial charge in [-0.3, -0.25) is 4.79 Å². The van der Waals surface area contributed by atoms with E-state index in [1.54, 1.807) is 12.1 Å². The number of hydrogen-bond donors (Lipinski definition) is 1. The molecule has 0 unspecified atom stereocenters. The zero-order valence-corrected chi connectivity index (χ0v) is 16.9. The Hall–Kier alpha value is -2.75. The average Bonchev–Trinajstić information content (AvgIpc) is 3.10. The molecule has 158 valence electrons. The minimum Gasteiger partial charge on any atom is -0.437 e. The number of amides is 1. The van der Waals surface area contributed by atoms with Crippen LogP contribution in [0.5, 0.6) is 11.6 Å². The minimum absolute atomic E-state index is 0.0459. The van der Waals surface area contributed by atoms with Crippen LogP contribution in [-0.2, 0) is 4.79 Å². The summed E-state index contributed by atoms with van der Waals surface area (Å²) in [5, 5.41) is 3.13. The normalized spacial score (nSPS) is 19.6. The van der Waals surface area contributed by atoms with E-state index in [0.717, 1.165) is 4.70 Å². The standard InChI is InChI=1S/C20H19F3N4O2S/c1-11(28)26-19-27-18-15(3-2-4-16(18)30-19)29-17-9-14(24-10-25-17)12-5-7-13(8-6-12)20(21,22)23/h2-4,9-10,12-13H,5-8H2,1H3,(H,26,27,28)/t12-,13-. The van der Waals surface area contributed by atoms with E-state index in [-0.39, 0.29) is 24.7 Å². The highest BCUT2D eigenvalue weighted by atomic mass is 32.1. The van der Waals surface area contributed by atoms with Crippen molar-refractivity contribution in [2.45, 2.75) is 44.7 Å². The van der Waals surface area contributed by atoms with Gasteiger partial charge in [-0.1, -0.05) is 17.4 Å². The van der Waals surface area contributed by atoms with Crippen LogP contribution in [0.25, 0.3) is 10.2 Å². The van der Waals surface area contributed by atoms with Crippen molar-refractivity contribution in [3.8, 4) is 11.6 Å². The van der Waals surface area contributed by atoms with Crippen LogP contribution < -0.4 is 10.1 Å². The van der Waals surface area contributed by atoms with Gasteiger partial charge in [-0.2, -0.15) is 13.2 Å². The fourth-order valence-electron chi connectivity index (χ4n) is 3.67. The van der Waals surface area contributed by atoms with Crippen molar-refractivity contribution < 1.29 is 22.7 Å². The molecule has 0 atom stereocenters. The largest absolute Gasteiger partial charge is 0.437 e. The lowest BCUT2D eigenvalue weighted by Gasteiger charge is -2.29. The summed E-state index contributed by atoms with van der Waals surface area (Å²) in [5.41, 5.74) is 1.28. The number of anilines is 1. The third kappa shape index (κ3) is 4.53. The van der Waals surface area contributed by atoms with Gasteiger partial charge in [-0.05, 0) is 37.8 Å². The van der Waals surface area contributed by atoms with Crippen molar-refractivity contribution in [2.24, 2.45) is 5.92 Å². The van der Waals surface area contributed by atoms with Gasteiger partial charge in [0.25, 0.3) is 0 Å². The van der Waals surface area contributed by atoms with Gasteiger partial charge in [-0.15, -0.1) is 0 Å². The summed E-state index contributed by atoms with van der Waals surface area (Å²) in [5.74, 6) is -0.704. The smallest absolute Gasteiger partial charge is 0.391 e. The third-order valence-corrected chi connectivity index (χ3v) is 6.09. The second-order valence-corrected chi connectivity index (χ2v) is 8.31. The Balaban J connectivity index is 1.51. The first-order valence-corrected chi connectivity index (χ1v) is 10.3. The first-order chi connectivity index (χ1) is 14.3. The minimum atomic E-state index is -4.13. The quantitative estimate of drug-likeness (QED) is 0.570. The maximum Gasteiger partial charge on any atom is 0.391 e. The molecule has 1 aliphatic carbocycles. The Kier molecular flexibility index (Phi) is 5.59. The number of nitrogens with zero attached hydrogens (tertiary/aromatic N) is 3. The lowest BCUT2D eigenvalue weighted by molar-refractivity contribution is -0.182.